The minimum atomic E-state index is 0.578. The number of rotatable bonds is 3. The van der Waals surface area contributed by atoms with Crippen LogP contribution in [0.3, 0.4) is 0 Å². The first-order chi connectivity index (χ1) is 12.8. The lowest BCUT2D eigenvalue weighted by atomic mass is 9.94. The van der Waals surface area contributed by atoms with Crippen molar-refractivity contribution in [2.24, 2.45) is 0 Å². The summed E-state index contributed by atoms with van der Waals surface area (Å²) >= 11 is 0. The van der Waals surface area contributed by atoms with Crippen molar-refractivity contribution in [1.29, 1.82) is 0 Å². The van der Waals surface area contributed by atoms with Crippen molar-refractivity contribution in [3.05, 3.63) is 95.1 Å². The van der Waals surface area contributed by atoms with Gasteiger partial charge in [-0.05, 0) is 66.1 Å². The fourth-order valence-electron chi connectivity index (χ4n) is 4.79. The molecule has 1 aliphatic carbocycles. The van der Waals surface area contributed by atoms with Gasteiger partial charge in [0.25, 0.3) is 0 Å². The van der Waals surface area contributed by atoms with Crippen molar-refractivity contribution in [1.82, 2.24) is 4.90 Å². The Kier molecular flexibility index (Phi) is 3.90. The Balaban J connectivity index is 1.48. The van der Waals surface area contributed by atoms with Crippen molar-refractivity contribution in [2.45, 2.75) is 38.3 Å². The van der Waals surface area contributed by atoms with Crippen LogP contribution in [0.2, 0.25) is 0 Å². The van der Waals surface area contributed by atoms with E-state index in [4.69, 9.17) is 0 Å². The number of likely N-dealkylation sites (tertiary alicyclic amines) is 1. The van der Waals surface area contributed by atoms with E-state index in [2.05, 4.69) is 84.6 Å². The molecule has 0 N–H and O–H groups in total. The maximum atomic E-state index is 2.69. The summed E-state index contributed by atoms with van der Waals surface area (Å²) in [5, 5.41) is 0. The molecule has 0 amide bonds. The second-order valence-corrected chi connectivity index (χ2v) is 7.90. The summed E-state index contributed by atoms with van der Waals surface area (Å²) in [5.41, 5.74) is 8.60. The van der Waals surface area contributed by atoms with Gasteiger partial charge in [-0.15, -0.1) is 0 Å². The number of hydrogen-bond donors (Lipinski definition) is 0. The lowest BCUT2D eigenvalue weighted by Crippen LogP contribution is -2.31. The lowest BCUT2D eigenvalue weighted by molar-refractivity contribution is 0.145. The molecule has 26 heavy (non-hydrogen) atoms. The summed E-state index contributed by atoms with van der Waals surface area (Å²) < 4.78 is 0. The normalized spacial score (nSPS) is 21.6. The summed E-state index contributed by atoms with van der Waals surface area (Å²) in [6.07, 6.45) is 2.58. The van der Waals surface area contributed by atoms with Crippen molar-refractivity contribution in [2.75, 3.05) is 6.54 Å². The van der Waals surface area contributed by atoms with Crippen LogP contribution in [0.1, 0.15) is 47.1 Å². The summed E-state index contributed by atoms with van der Waals surface area (Å²) in [4.78, 5) is 2.69. The van der Waals surface area contributed by atoms with Crippen LogP contribution < -0.4 is 0 Å². The minimum absolute atomic E-state index is 0.578. The van der Waals surface area contributed by atoms with Crippen LogP contribution >= 0.6 is 0 Å². The maximum Gasteiger partial charge on any atom is 0.0360 e. The van der Waals surface area contributed by atoms with Gasteiger partial charge in [-0.3, -0.25) is 4.90 Å². The highest BCUT2D eigenvalue weighted by Gasteiger charge is 2.38. The van der Waals surface area contributed by atoms with Crippen molar-refractivity contribution >= 4 is 0 Å². The third kappa shape index (κ3) is 2.77. The molecule has 0 aromatic heterocycles. The van der Waals surface area contributed by atoms with Crippen LogP contribution in [0.25, 0.3) is 11.1 Å². The fourth-order valence-corrected chi connectivity index (χ4v) is 4.79. The third-order valence-electron chi connectivity index (χ3n) is 6.21. The second-order valence-electron chi connectivity index (χ2n) is 7.90. The van der Waals surface area contributed by atoms with Gasteiger partial charge in [0.1, 0.15) is 0 Å². The number of nitrogens with zero attached hydrogens (tertiary/aromatic N) is 1. The molecule has 1 fully saturated rings. The van der Waals surface area contributed by atoms with Gasteiger partial charge in [-0.25, -0.2) is 0 Å². The highest BCUT2D eigenvalue weighted by molar-refractivity contribution is 5.66. The van der Waals surface area contributed by atoms with Crippen LogP contribution in [0.15, 0.2) is 72.8 Å². The van der Waals surface area contributed by atoms with E-state index in [9.17, 15) is 0 Å². The van der Waals surface area contributed by atoms with E-state index in [0.29, 0.717) is 6.04 Å². The molecule has 3 aromatic carbocycles. The van der Waals surface area contributed by atoms with E-state index in [1.54, 1.807) is 11.1 Å². The molecular formula is C25H25N. The van der Waals surface area contributed by atoms with Gasteiger partial charge in [-0.2, -0.15) is 0 Å². The zero-order chi connectivity index (χ0) is 17.5. The maximum absolute atomic E-state index is 2.69. The smallest absolute Gasteiger partial charge is 0.0360 e. The standard InChI is InChI=1S/C25H25N/c1-18-7-9-20(10-8-18)21-11-12-23-22-13-14-26(25(16-22)24(23)15-21)17-19-5-3-2-4-6-19/h2-12,15,22,25H,13-14,16-17H2,1H3/t22-,25-/m1/s1. The Labute approximate surface area is 156 Å². The van der Waals surface area contributed by atoms with Gasteiger partial charge < -0.3 is 0 Å². The molecule has 2 atom stereocenters. The van der Waals surface area contributed by atoms with E-state index >= 15 is 0 Å². The van der Waals surface area contributed by atoms with E-state index in [0.717, 1.165) is 12.5 Å². The summed E-state index contributed by atoms with van der Waals surface area (Å²) in [7, 11) is 0. The first-order valence-corrected chi connectivity index (χ1v) is 9.77. The predicted molar refractivity (Wildman–Crippen MR) is 108 cm³/mol. The highest BCUT2D eigenvalue weighted by Crippen LogP contribution is 2.50. The van der Waals surface area contributed by atoms with Crippen molar-refractivity contribution in [3.63, 3.8) is 0 Å². The minimum Gasteiger partial charge on any atom is -0.292 e. The van der Waals surface area contributed by atoms with Gasteiger partial charge in [0.05, 0.1) is 0 Å². The summed E-state index contributed by atoms with van der Waals surface area (Å²) in [5.74, 6) is 0.758. The number of benzene rings is 3. The van der Waals surface area contributed by atoms with Gasteiger partial charge in [-0.1, -0.05) is 72.3 Å². The number of hydrogen-bond acceptors (Lipinski definition) is 1. The summed E-state index contributed by atoms with van der Waals surface area (Å²) in [6.45, 7) is 4.42. The average Bonchev–Trinajstić information content (AvgIpc) is 2.98. The van der Waals surface area contributed by atoms with Crippen LogP contribution in [0, 0.1) is 6.92 Å². The monoisotopic (exact) mass is 339 g/mol. The molecule has 0 unspecified atom stereocenters. The molecule has 1 aliphatic heterocycles. The van der Waals surface area contributed by atoms with Gasteiger partial charge in [0.15, 0.2) is 0 Å². The molecule has 1 heterocycles. The zero-order valence-corrected chi connectivity index (χ0v) is 15.4. The molecule has 1 heteroatoms. The fraction of sp³-hybridized carbons (Fsp3) is 0.280. The zero-order valence-electron chi connectivity index (χ0n) is 15.4. The molecule has 3 aromatic rings. The molecule has 2 aliphatic rings. The molecule has 0 radical (unpaired) electrons. The number of piperidine rings is 1. The lowest BCUT2D eigenvalue weighted by Gasteiger charge is -2.33. The molecule has 2 bridgehead atoms. The van der Waals surface area contributed by atoms with Crippen molar-refractivity contribution in [3.8, 4) is 11.1 Å². The second kappa shape index (κ2) is 6.41. The van der Waals surface area contributed by atoms with Crippen LogP contribution in [-0.4, -0.2) is 11.4 Å². The van der Waals surface area contributed by atoms with Gasteiger partial charge >= 0.3 is 0 Å². The Bertz CT molecular complexity index is 911. The molecule has 0 saturated carbocycles. The van der Waals surface area contributed by atoms with E-state index in [-0.39, 0.29) is 0 Å². The first kappa shape index (κ1) is 15.8. The number of fused-ring (bicyclic) bond motifs is 5. The Morgan fingerprint density at radius 2 is 1.62 bits per heavy atom. The SMILES string of the molecule is Cc1ccc(-c2ccc3c(c2)[C@H]2C[C@H]3CCN2Cc2ccccc2)cc1. The van der Waals surface area contributed by atoms with E-state index in [1.807, 2.05) is 0 Å². The van der Waals surface area contributed by atoms with Crippen LogP contribution in [0.5, 0.6) is 0 Å². The highest BCUT2D eigenvalue weighted by atomic mass is 15.2. The number of aryl methyl sites for hydroxylation is 1. The third-order valence-corrected chi connectivity index (χ3v) is 6.21. The molecule has 5 rings (SSSR count). The average molecular weight is 339 g/mol. The molecule has 130 valence electrons. The topological polar surface area (TPSA) is 3.24 Å². The van der Waals surface area contributed by atoms with Gasteiger partial charge in [0, 0.05) is 12.6 Å². The summed E-state index contributed by atoms with van der Waals surface area (Å²) in [6, 6.07) is 27.6. The Morgan fingerprint density at radius 1 is 0.846 bits per heavy atom. The Hall–Kier alpha value is -2.38. The molecule has 1 nitrogen and oxygen atoms in total. The van der Waals surface area contributed by atoms with Crippen LogP contribution in [-0.2, 0) is 6.54 Å². The Morgan fingerprint density at radius 3 is 2.42 bits per heavy atom. The predicted octanol–water partition coefficient (Wildman–Crippen LogP) is 6.10. The van der Waals surface area contributed by atoms with E-state index < -0.39 is 0 Å². The largest absolute Gasteiger partial charge is 0.292 e. The molecule has 1 saturated heterocycles. The molecule has 0 spiro atoms. The van der Waals surface area contributed by atoms with Crippen LogP contribution in [0.4, 0.5) is 0 Å². The molecular weight excluding hydrogens is 314 g/mol. The van der Waals surface area contributed by atoms with Crippen molar-refractivity contribution < 1.29 is 0 Å². The quantitative estimate of drug-likeness (QED) is 0.557. The van der Waals surface area contributed by atoms with Gasteiger partial charge in [0.2, 0.25) is 0 Å². The van der Waals surface area contributed by atoms with E-state index in [1.165, 1.54) is 41.6 Å². The first-order valence-electron chi connectivity index (χ1n) is 9.77.